The topological polar surface area (TPSA) is 55.8 Å². The Labute approximate surface area is 149 Å². The van der Waals surface area contributed by atoms with E-state index in [1.54, 1.807) is 60.7 Å². The molecule has 1 N–H and O–H groups in total. The van der Waals surface area contributed by atoms with Crippen LogP contribution in [0.3, 0.4) is 0 Å². The standard InChI is InChI=1S/C12H11O4P.K.H/c13-17(14,15-11-7-3-1-4-8-11)16-12-9-5-2-6-10-12;;/h1-10H,(H,13,14);;/q;+1;-1. The Morgan fingerprint density at radius 2 is 1.17 bits per heavy atom. The third-order valence-electron chi connectivity index (χ3n) is 1.93. The molecule has 0 atom stereocenters. The second-order valence-electron chi connectivity index (χ2n) is 3.28. The van der Waals surface area contributed by atoms with Crippen molar-refractivity contribution in [3.8, 4) is 11.5 Å². The molecule has 90 valence electrons. The summed E-state index contributed by atoms with van der Waals surface area (Å²) in [6.45, 7) is 0. The molecule has 0 amide bonds. The molecule has 4 nitrogen and oxygen atoms in total. The van der Waals surface area contributed by atoms with Crippen LogP contribution in [0.2, 0.25) is 0 Å². The van der Waals surface area contributed by atoms with Gasteiger partial charge in [-0.25, -0.2) is 4.57 Å². The van der Waals surface area contributed by atoms with Crippen molar-refractivity contribution in [3.05, 3.63) is 60.7 Å². The number of benzene rings is 2. The van der Waals surface area contributed by atoms with Gasteiger partial charge in [0, 0.05) is 0 Å². The second kappa shape index (κ2) is 7.45. The number of phosphoric acid groups is 1. The van der Waals surface area contributed by atoms with Gasteiger partial charge < -0.3 is 10.5 Å². The quantitative estimate of drug-likeness (QED) is 0.652. The van der Waals surface area contributed by atoms with Gasteiger partial charge in [0.1, 0.15) is 11.5 Å². The maximum absolute atomic E-state index is 11.7. The minimum atomic E-state index is -4.14. The Kier molecular flexibility index (Phi) is 6.59. The molecule has 0 radical (unpaired) electrons. The van der Waals surface area contributed by atoms with Gasteiger partial charge in [-0.1, -0.05) is 36.4 Å². The summed E-state index contributed by atoms with van der Waals surface area (Å²) in [6, 6.07) is 16.7. The Balaban J connectivity index is 0.00000162. The fourth-order valence-corrected chi connectivity index (χ4v) is 2.06. The van der Waals surface area contributed by atoms with Crippen LogP contribution >= 0.6 is 7.82 Å². The first-order chi connectivity index (χ1) is 8.16. The van der Waals surface area contributed by atoms with Gasteiger partial charge in [-0.05, 0) is 24.3 Å². The predicted octanol–water partition coefficient (Wildman–Crippen LogP) is 0.361. The van der Waals surface area contributed by atoms with E-state index in [0.29, 0.717) is 0 Å². The first kappa shape index (κ1) is 15.9. The first-order valence-electron chi connectivity index (χ1n) is 4.98. The Morgan fingerprint density at radius 1 is 0.833 bits per heavy atom. The largest absolute Gasteiger partial charge is 1.00 e. The van der Waals surface area contributed by atoms with Crippen molar-refractivity contribution < 1.29 is 71.3 Å². The molecule has 0 bridgehead atoms. The summed E-state index contributed by atoms with van der Waals surface area (Å²) in [5.74, 6) is 0.573. The summed E-state index contributed by atoms with van der Waals surface area (Å²) < 4.78 is 21.5. The molecular formula is C12H12KO4P. The minimum absolute atomic E-state index is 0. The van der Waals surface area contributed by atoms with E-state index in [4.69, 9.17) is 9.05 Å². The average Bonchev–Trinajstić information content (AvgIpc) is 2.30. The van der Waals surface area contributed by atoms with Gasteiger partial charge >= 0.3 is 59.2 Å². The van der Waals surface area contributed by atoms with Crippen molar-refractivity contribution in [1.82, 2.24) is 0 Å². The number of rotatable bonds is 4. The van der Waals surface area contributed by atoms with E-state index in [2.05, 4.69) is 0 Å². The third-order valence-corrected chi connectivity index (χ3v) is 2.81. The van der Waals surface area contributed by atoms with Crippen LogP contribution in [0.1, 0.15) is 1.43 Å². The van der Waals surface area contributed by atoms with Crippen LogP contribution in [0.5, 0.6) is 11.5 Å². The molecule has 0 aliphatic heterocycles. The summed E-state index contributed by atoms with van der Waals surface area (Å²) in [5.41, 5.74) is 0. The Bertz CT molecular complexity index is 478. The molecule has 0 saturated heterocycles. The van der Waals surface area contributed by atoms with Crippen molar-refractivity contribution in [2.75, 3.05) is 0 Å². The van der Waals surface area contributed by atoms with Gasteiger partial charge in [-0.3, -0.25) is 4.89 Å². The monoisotopic (exact) mass is 290 g/mol. The SMILES string of the molecule is O=P(O)(Oc1ccccc1)Oc1ccccc1.[H-].[K+]. The number of hydrogen-bond acceptors (Lipinski definition) is 3. The Hall–Kier alpha value is -0.134. The van der Waals surface area contributed by atoms with Crippen LogP contribution in [0.4, 0.5) is 0 Å². The summed E-state index contributed by atoms with van der Waals surface area (Å²) in [5, 5.41) is 0. The number of para-hydroxylation sites is 2. The molecule has 2 rings (SSSR count). The Morgan fingerprint density at radius 3 is 1.50 bits per heavy atom. The zero-order valence-corrected chi connectivity index (χ0v) is 13.9. The van der Waals surface area contributed by atoms with Gasteiger partial charge in [0.15, 0.2) is 0 Å². The van der Waals surface area contributed by atoms with Crippen LogP contribution in [0, 0.1) is 0 Å². The van der Waals surface area contributed by atoms with Crippen LogP contribution in [0.15, 0.2) is 60.7 Å². The molecule has 0 fully saturated rings. The van der Waals surface area contributed by atoms with Crippen molar-refractivity contribution in [2.45, 2.75) is 0 Å². The molecule has 0 unspecified atom stereocenters. The zero-order chi connectivity index (χ0) is 12.1. The smallest absolute Gasteiger partial charge is 1.00 e. The maximum atomic E-state index is 11.7. The van der Waals surface area contributed by atoms with E-state index in [0.717, 1.165) is 0 Å². The average molecular weight is 290 g/mol. The van der Waals surface area contributed by atoms with Crippen LogP contribution in [0.25, 0.3) is 0 Å². The summed E-state index contributed by atoms with van der Waals surface area (Å²) >= 11 is 0. The molecule has 0 spiro atoms. The number of phosphoric ester groups is 1. The molecule has 0 aliphatic carbocycles. The normalized spacial score (nSPS) is 10.3. The van der Waals surface area contributed by atoms with Gasteiger partial charge in [-0.15, -0.1) is 0 Å². The molecule has 0 aromatic heterocycles. The van der Waals surface area contributed by atoms with Crippen molar-refractivity contribution >= 4 is 7.82 Å². The summed E-state index contributed by atoms with van der Waals surface area (Å²) in [7, 11) is -4.14. The molecule has 6 heteroatoms. The van der Waals surface area contributed by atoms with E-state index in [-0.39, 0.29) is 64.3 Å². The molecule has 0 aliphatic rings. The molecule has 0 heterocycles. The van der Waals surface area contributed by atoms with Crippen LogP contribution < -0.4 is 60.4 Å². The van der Waals surface area contributed by atoms with Crippen molar-refractivity contribution in [1.29, 1.82) is 0 Å². The number of hydrogen-bond donors (Lipinski definition) is 1. The molecule has 0 saturated carbocycles. The van der Waals surface area contributed by atoms with Gasteiger partial charge in [-0.2, -0.15) is 0 Å². The summed E-state index contributed by atoms with van der Waals surface area (Å²) in [4.78, 5) is 9.53. The second-order valence-corrected chi connectivity index (χ2v) is 4.58. The maximum Gasteiger partial charge on any atom is 1.00 e. The van der Waals surface area contributed by atoms with Gasteiger partial charge in [0.05, 0.1) is 0 Å². The van der Waals surface area contributed by atoms with E-state index >= 15 is 0 Å². The van der Waals surface area contributed by atoms with E-state index < -0.39 is 7.82 Å². The minimum Gasteiger partial charge on any atom is -1.00 e. The molecule has 2 aromatic carbocycles. The molecule has 18 heavy (non-hydrogen) atoms. The van der Waals surface area contributed by atoms with Crippen LogP contribution in [-0.2, 0) is 4.57 Å². The third kappa shape index (κ3) is 5.24. The van der Waals surface area contributed by atoms with Gasteiger partial charge in [0.2, 0.25) is 0 Å². The molecular weight excluding hydrogens is 278 g/mol. The van der Waals surface area contributed by atoms with Crippen LogP contribution in [-0.4, -0.2) is 4.89 Å². The fourth-order valence-electron chi connectivity index (χ4n) is 1.25. The fraction of sp³-hybridized carbons (Fsp3) is 0. The summed E-state index contributed by atoms with van der Waals surface area (Å²) in [6.07, 6.45) is 0. The van der Waals surface area contributed by atoms with Crippen molar-refractivity contribution in [3.63, 3.8) is 0 Å². The van der Waals surface area contributed by atoms with E-state index in [1.165, 1.54) is 0 Å². The first-order valence-corrected chi connectivity index (χ1v) is 6.47. The van der Waals surface area contributed by atoms with E-state index in [1.807, 2.05) is 0 Å². The molecule has 2 aromatic rings. The zero-order valence-electron chi connectivity index (χ0n) is 10.9. The van der Waals surface area contributed by atoms with Gasteiger partial charge in [0.25, 0.3) is 0 Å². The van der Waals surface area contributed by atoms with E-state index in [9.17, 15) is 9.46 Å². The van der Waals surface area contributed by atoms with Crippen molar-refractivity contribution in [2.24, 2.45) is 0 Å². The predicted molar refractivity (Wildman–Crippen MR) is 65.1 cm³/mol.